The summed E-state index contributed by atoms with van der Waals surface area (Å²) in [5.41, 5.74) is 1.82. The number of aromatic nitrogens is 1. The van der Waals surface area contributed by atoms with Crippen molar-refractivity contribution in [2.24, 2.45) is 5.41 Å². The van der Waals surface area contributed by atoms with Crippen LogP contribution in [0.15, 0.2) is 10.9 Å². The van der Waals surface area contributed by atoms with Crippen LogP contribution in [0.3, 0.4) is 0 Å². The average molecular weight is 311 g/mol. The van der Waals surface area contributed by atoms with Gasteiger partial charge in [-0.15, -0.1) is 11.3 Å². The van der Waals surface area contributed by atoms with E-state index in [9.17, 15) is 14.7 Å². The highest BCUT2D eigenvalue weighted by atomic mass is 32.1. The molecule has 1 aliphatic heterocycles. The SMILES string of the molecule is CCCC1(C(=O)O)CCN(C(=O)N(C)Cc2cscn2)C1. The minimum atomic E-state index is -0.790. The van der Waals surface area contributed by atoms with Crippen molar-refractivity contribution >= 4 is 23.3 Å². The summed E-state index contributed by atoms with van der Waals surface area (Å²) < 4.78 is 0. The highest BCUT2D eigenvalue weighted by Crippen LogP contribution is 2.36. The number of hydrogen-bond acceptors (Lipinski definition) is 4. The van der Waals surface area contributed by atoms with Gasteiger partial charge in [0.05, 0.1) is 23.2 Å². The van der Waals surface area contributed by atoms with Crippen molar-refractivity contribution in [3.8, 4) is 0 Å². The zero-order valence-electron chi connectivity index (χ0n) is 12.4. The lowest BCUT2D eigenvalue weighted by atomic mass is 9.83. The zero-order valence-corrected chi connectivity index (χ0v) is 13.2. The Morgan fingerprint density at radius 3 is 2.90 bits per heavy atom. The summed E-state index contributed by atoms with van der Waals surface area (Å²) in [4.78, 5) is 31.4. The van der Waals surface area contributed by atoms with Gasteiger partial charge in [0, 0.05) is 25.5 Å². The van der Waals surface area contributed by atoms with Gasteiger partial charge in [-0.2, -0.15) is 0 Å². The minimum Gasteiger partial charge on any atom is -0.481 e. The number of amides is 2. The lowest BCUT2D eigenvalue weighted by Crippen LogP contribution is -2.42. The first-order valence-corrected chi connectivity index (χ1v) is 8.03. The Labute approximate surface area is 128 Å². The monoisotopic (exact) mass is 311 g/mol. The Balaban J connectivity index is 1.99. The number of hydrogen-bond donors (Lipinski definition) is 1. The third-order valence-corrected chi connectivity index (χ3v) is 4.65. The van der Waals surface area contributed by atoms with Gasteiger partial charge in [-0.25, -0.2) is 9.78 Å². The van der Waals surface area contributed by atoms with E-state index in [0.29, 0.717) is 32.5 Å². The van der Waals surface area contributed by atoms with Crippen LogP contribution in [0.5, 0.6) is 0 Å². The summed E-state index contributed by atoms with van der Waals surface area (Å²) >= 11 is 1.50. The lowest BCUT2D eigenvalue weighted by Gasteiger charge is -2.27. The lowest BCUT2D eigenvalue weighted by molar-refractivity contribution is -0.148. The first-order valence-electron chi connectivity index (χ1n) is 7.09. The molecule has 6 nitrogen and oxygen atoms in total. The number of nitrogens with zero attached hydrogens (tertiary/aromatic N) is 3. The Bertz CT molecular complexity index is 506. The normalized spacial score (nSPS) is 21.5. The second-order valence-corrected chi connectivity index (χ2v) is 6.34. The van der Waals surface area contributed by atoms with Gasteiger partial charge in [-0.05, 0) is 12.8 Å². The van der Waals surface area contributed by atoms with Crippen molar-refractivity contribution in [3.63, 3.8) is 0 Å². The molecule has 1 fully saturated rings. The second-order valence-electron chi connectivity index (χ2n) is 5.63. The van der Waals surface area contributed by atoms with Crippen molar-refractivity contribution < 1.29 is 14.7 Å². The maximum atomic E-state index is 12.4. The fourth-order valence-electron chi connectivity index (χ4n) is 2.87. The third-order valence-electron chi connectivity index (χ3n) is 4.02. The number of thiazole rings is 1. The van der Waals surface area contributed by atoms with E-state index < -0.39 is 11.4 Å². The summed E-state index contributed by atoms with van der Waals surface area (Å²) in [6, 6.07) is -0.123. The van der Waals surface area contributed by atoms with Gasteiger partial charge in [0.15, 0.2) is 0 Å². The van der Waals surface area contributed by atoms with Crippen molar-refractivity contribution in [3.05, 3.63) is 16.6 Å². The molecule has 1 aromatic rings. The van der Waals surface area contributed by atoms with Gasteiger partial charge in [-0.3, -0.25) is 4.79 Å². The summed E-state index contributed by atoms with van der Waals surface area (Å²) in [7, 11) is 1.72. The Hall–Kier alpha value is -1.63. The topological polar surface area (TPSA) is 73.7 Å². The van der Waals surface area contributed by atoms with Crippen LogP contribution in [0.25, 0.3) is 0 Å². The third kappa shape index (κ3) is 3.34. The van der Waals surface area contributed by atoms with Crippen LogP contribution in [0.2, 0.25) is 0 Å². The smallest absolute Gasteiger partial charge is 0.320 e. The number of urea groups is 1. The van der Waals surface area contributed by atoms with E-state index in [1.54, 1.807) is 22.4 Å². The quantitative estimate of drug-likeness (QED) is 0.905. The van der Waals surface area contributed by atoms with E-state index in [-0.39, 0.29) is 6.03 Å². The average Bonchev–Trinajstić information content (AvgIpc) is 3.08. The molecule has 2 amide bonds. The van der Waals surface area contributed by atoms with Crippen molar-refractivity contribution in [2.45, 2.75) is 32.7 Å². The van der Waals surface area contributed by atoms with Crippen LogP contribution in [-0.4, -0.2) is 52.0 Å². The molecule has 1 aromatic heterocycles. The molecular weight excluding hydrogens is 290 g/mol. The minimum absolute atomic E-state index is 0.123. The predicted molar refractivity (Wildman–Crippen MR) is 80.1 cm³/mol. The number of likely N-dealkylation sites (tertiary alicyclic amines) is 1. The Morgan fingerprint density at radius 2 is 2.33 bits per heavy atom. The van der Waals surface area contributed by atoms with Gasteiger partial charge < -0.3 is 14.9 Å². The molecule has 116 valence electrons. The standard InChI is InChI=1S/C14H21N3O3S/c1-3-4-14(12(18)19)5-6-17(9-14)13(20)16(2)7-11-8-21-10-15-11/h8,10H,3-7,9H2,1-2H3,(H,18,19). The molecule has 1 unspecified atom stereocenters. The van der Waals surface area contributed by atoms with Gasteiger partial charge in [0.25, 0.3) is 0 Å². The van der Waals surface area contributed by atoms with Crippen LogP contribution in [-0.2, 0) is 11.3 Å². The number of carbonyl (C=O) groups is 2. The molecule has 2 heterocycles. The number of carboxylic acids is 1. The van der Waals surface area contributed by atoms with Gasteiger partial charge in [0.2, 0.25) is 0 Å². The molecule has 21 heavy (non-hydrogen) atoms. The fraction of sp³-hybridized carbons (Fsp3) is 0.643. The van der Waals surface area contributed by atoms with Gasteiger partial charge in [-0.1, -0.05) is 13.3 Å². The van der Waals surface area contributed by atoms with E-state index in [0.717, 1.165) is 12.1 Å². The van der Waals surface area contributed by atoms with Crippen molar-refractivity contribution in [1.29, 1.82) is 0 Å². The summed E-state index contributed by atoms with van der Waals surface area (Å²) in [5.74, 6) is -0.790. The molecule has 0 radical (unpaired) electrons. The molecule has 0 saturated carbocycles. The van der Waals surface area contributed by atoms with E-state index in [1.165, 1.54) is 11.3 Å². The van der Waals surface area contributed by atoms with Crippen LogP contribution in [0.1, 0.15) is 31.9 Å². The molecule has 1 atom stereocenters. The molecule has 1 aliphatic rings. The highest BCUT2D eigenvalue weighted by molar-refractivity contribution is 7.07. The van der Waals surface area contributed by atoms with Crippen molar-refractivity contribution in [2.75, 3.05) is 20.1 Å². The van der Waals surface area contributed by atoms with E-state index in [1.807, 2.05) is 12.3 Å². The first-order chi connectivity index (χ1) is 9.98. The molecular formula is C14H21N3O3S. The second kappa shape index (κ2) is 6.43. The fourth-order valence-corrected chi connectivity index (χ4v) is 3.42. The summed E-state index contributed by atoms with van der Waals surface area (Å²) in [6.45, 7) is 3.24. The van der Waals surface area contributed by atoms with Crippen LogP contribution >= 0.6 is 11.3 Å². The molecule has 0 aromatic carbocycles. The molecule has 1 N–H and O–H groups in total. The maximum Gasteiger partial charge on any atom is 0.320 e. The van der Waals surface area contributed by atoms with Crippen molar-refractivity contribution in [1.82, 2.24) is 14.8 Å². The largest absolute Gasteiger partial charge is 0.481 e. The molecule has 7 heteroatoms. The highest BCUT2D eigenvalue weighted by Gasteiger charge is 2.45. The van der Waals surface area contributed by atoms with E-state index >= 15 is 0 Å². The van der Waals surface area contributed by atoms with Crippen LogP contribution in [0, 0.1) is 5.41 Å². The Morgan fingerprint density at radius 1 is 1.57 bits per heavy atom. The molecule has 0 spiro atoms. The zero-order chi connectivity index (χ0) is 15.5. The van der Waals surface area contributed by atoms with Gasteiger partial charge in [0.1, 0.15) is 0 Å². The number of carboxylic acid groups (broad SMARTS) is 1. The molecule has 0 aliphatic carbocycles. The van der Waals surface area contributed by atoms with Crippen LogP contribution in [0.4, 0.5) is 4.79 Å². The molecule has 1 saturated heterocycles. The summed E-state index contributed by atoms with van der Waals surface area (Å²) in [6.07, 6.45) is 1.96. The Kier molecular flexibility index (Phi) is 4.82. The summed E-state index contributed by atoms with van der Waals surface area (Å²) in [5, 5.41) is 11.4. The van der Waals surface area contributed by atoms with E-state index in [2.05, 4.69) is 4.98 Å². The number of rotatable bonds is 5. The number of carbonyl (C=O) groups excluding carboxylic acids is 1. The number of aliphatic carboxylic acids is 1. The molecule has 0 bridgehead atoms. The predicted octanol–water partition coefficient (Wildman–Crippen LogP) is 2.27. The van der Waals surface area contributed by atoms with E-state index in [4.69, 9.17) is 0 Å². The molecule has 2 rings (SSSR count). The maximum absolute atomic E-state index is 12.4. The first kappa shape index (κ1) is 15.8. The van der Waals surface area contributed by atoms with Gasteiger partial charge >= 0.3 is 12.0 Å². The van der Waals surface area contributed by atoms with Crippen LogP contribution < -0.4 is 0 Å².